The van der Waals surface area contributed by atoms with Crippen LogP contribution < -0.4 is 5.32 Å². The zero-order chi connectivity index (χ0) is 16.1. The van der Waals surface area contributed by atoms with Gasteiger partial charge in [-0.15, -0.1) is 0 Å². The highest BCUT2D eigenvalue weighted by molar-refractivity contribution is 6.30. The van der Waals surface area contributed by atoms with E-state index in [1.807, 2.05) is 13.0 Å². The Hall–Kier alpha value is -2.33. The predicted octanol–water partition coefficient (Wildman–Crippen LogP) is 3.59. The van der Waals surface area contributed by atoms with E-state index in [-0.39, 0.29) is 12.3 Å². The molecule has 2 rings (SSSR count). The Bertz CT molecular complexity index is 683. The maximum atomic E-state index is 12.3. The summed E-state index contributed by atoms with van der Waals surface area (Å²) < 4.78 is 0. The van der Waals surface area contributed by atoms with Crippen LogP contribution in [-0.4, -0.2) is 17.0 Å². The van der Waals surface area contributed by atoms with Crippen LogP contribution in [0.5, 0.6) is 0 Å². The zero-order valence-electron chi connectivity index (χ0n) is 12.0. The standard InChI is InChI=1S/C17H16ClNO3/c1-11-3-2-4-13(9-11)17(22)19-15(10-16(20)21)12-5-7-14(18)8-6-12/h2-9,15H,10H2,1H3,(H,19,22)(H,20,21)/t15-/m1/s1. The monoisotopic (exact) mass is 317 g/mol. The average Bonchev–Trinajstić information content (AvgIpc) is 2.47. The molecule has 0 unspecified atom stereocenters. The number of aryl methyl sites for hydroxylation is 1. The van der Waals surface area contributed by atoms with E-state index < -0.39 is 12.0 Å². The first-order valence-electron chi connectivity index (χ1n) is 6.80. The summed E-state index contributed by atoms with van der Waals surface area (Å²) in [7, 11) is 0. The molecule has 2 aromatic rings. The molecule has 0 saturated heterocycles. The largest absolute Gasteiger partial charge is 0.481 e. The van der Waals surface area contributed by atoms with E-state index in [0.717, 1.165) is 5.56 Å². The number of carboxylic acid groups (broad SMARTS) is 1. The number of aliphatic carboxylic acids is 1. The van der Waals surface area contributed by atoms with Crippen LogP contribution in [0.1, 0.15) is 33.9 Å². The van der Waals surface area contributed by atoms with Gasteiger partial charge in [0.1, 0.15) is 0 Å². The number of halogens is 1. The maximum Gasteiger partial charge on any atom is 0.305 e. The predicted molar refractivity (Wildman–Crippen MR) is 85.1 cm³/mol. The summed E-state index contributed by atoms with van der Waals surface area (Å²) in [4.78, 5) is 23.3. The Labute approximate surface area is 133 Å². The van der Waals surface area contributed by atoms with Gasteiger partial charge >= 0.3 is 5.97 Å². The third kappa shape index (κ3) is 4.33. The first kappa shape index (κ1) is 16.0. The molecule has 0 saturated carbocycles. The minimum absolute atomic E-state index is 0.195. The van der Waals surface area contributed by atoms with Crippen LogP contribution in [-0.2, 0) is 4.79 Å². The fourth-order valence-electron chi connectivity index (χ4n) is 2.15. The Kier molecular flexibility index (Phi) is 5.17. The van der Waals surface area contributed by atoms with Crippen LogP contribution in [0.2, 0.25) is 5.02 Å². The molecule has 2 aromatic carbocycles. The summed E-state index contributed by atoms with van der Waals surface area (Å²) in [6.07, 6.45) is -0.195. The summed E-state index contributed by atoms with van der Waals surface area (Å²) in [6, 6.07) is 13.3. The summed E-state index contributed by atoms with van der Waals surface area (Å²) in [5.41, 5.74) is 2.17. The molecule has 4 nitrogen and oxygen atoms in total. The molecule has 114 valence electrons. The molecule has 0 radical (unpaired) electrons. The number of rotatable bonds is 5. The zero-order valence-corrected chi connectivity index (χ0v) is 12.8. The third-order valence-corrected chi connectivity index (χ3v) is 3.49. The second-order valence-corrected chi connectivity index (χ2v) is 5.48. The first-order valence-corrected chi connectivity index (χ1v) is 7.18. The summed E-state index contributed by atoms with van der Waals surface area (Å²) in [5.74, 6) is -1.28. The van der Waals surface area contributed by atoms with Crippen LogP contribution in [0.15, 0.2) is 48.5 Å². The van der Waals surface area contributed by atoms with Crippen LogP contribution in [0.4, 0.5) is 0 Å². The van der Waals surface area contributed by atoms with Gasteiger partial charge < -0.3 is 10.4 Å². The number of carboxylic acids is 1. The van der Waals surface area contributed by atoms with E-state index in [0.29, 0.717) is 16.1 Å². The van der Waals surface area contributed by atoms with Crippen LogP contribution in [0.25, 0.3) is 0 Å². The van der Waals surface area contributed by atoms with E-state index in [4.69, 9.17) is 16.7 Å². The lowest BCUT2D eigenvalue weighted by Crippen LogP contribution is -2.30. The topological polar surface area (TPSA) is 66.4 Å². The van der Waals surface area contributed by atoms with Gasteiger partial charge in [0.05, 0.1) is 12.5 Å². The Balaban J connectivity index is 2.21. The van der Waals surface area contributed by atoms with Gasteiger partial charge in [-0.2, -0.15) is 0 Å². The van der Waals surface area contributed by atoms with Crippen molar-refractivity contribution in [2.75, 3.05) is 0 Å². The van der Waals surface area contributed by atoms with Crippen LogP contribution in [0.3, 0.4) is 0 Å². The van der Waals surface area contributed by atoms with Gasteiger partial charge in [0.2, 0.25) is 0 Å². The third-order valence-electron chi connectivity index (χ3n) is 3.24. The van der Waals surface area contributed by atoms with E-state index in [1.54, 1.807) is 42.5 Å². The molecule has 5 heteroatoms. The van der Waals surface area contributed by atoms with E-state index >= 15 is 0 Å². The molecule has 0 bridgehead atoms. The maximum absolute atomic E-state index is 12.3. The molecule has 0 fully saturated rings. The smallest absolute Gasteiger partial charge is 0.305 e. The fourth-order valence-corrected chi connectivity index (χ4v) is 2.28. The van der Waals surface area contributed by atoms with E-state index in [9.17, 15) is 9.59 Å². The van der Waals surface area contributed by atoms with Gasteiger partial charge in [-0.25, -0.2) is 0 Å². The van der Waals surface area contributed by atoms with Crippen molar-refractivity contribution in [3.8, 4) is 0 Å². The van der Waals surface area contributed by atoms with Gasteiger partial charge in [-0.05, 0) is 36.8 Å². The summed E-state index contributed by atoms with van der Waals surface area (Å²) in [5, 5.41) is 12.4. The Morgan fingerprint density at radius 3 is 2.45 bits per heavy atom. The molecule has 0 aliphatic rings. The number of hydrogen-bond acceptors (Lipinski definition) is 2. The van der Waals surface area contributed by atoms with E-state index in [2.05, 4.69) is 5.32 Å². The lowest BCUT2D eigenvalue weighted by Gasteiger charge is -2.18. The molecule has 1 amide bonds. The number of carbonyl (C=O) groups is 2. The highest BCUT2D eigenvalue weighted by atomic mass is 35.5. The molecule has 0 heterocycles. The molecular formula is C17H16ClNO3. The molecular weight excluding hydrogens is 302 g/mol. The number of nitrogens with one attached hydrogen (secondary N) is 1. The molecule has 22 heavy (non-hydrogen) atoms. The Morgan fingerprint density at radius 1 is 1.18 bits per heavy atom. The highest BCUT2D eigenvalue weighted by Gasteiger charge is 2.19. The molecule has 1 atom stereocenters. The normalized spacial score (nSPS) is 11.7. The molecule has 0 aliphatic heterocycles. The first-order chi connectivity index (χ1) is 10.5. The Morgan fingerprint density at radius 2 is 1.86 bits per heavy atom. The van der Waals surface area contributed by atoms with Gasteiger partial charge in [0, 0.05) is 10.6 Å². The quantitative estimate of drug-likeness (QED) is 0.885. The number of hydrogen-bond donors (Lipinski definition) is 2. The van der Waals surface area contributed by atoms with Crippen molar-refractivity contribution >= 4 is 23.5 Å². The lowest BCUT2D eigenvalue weighted by atomic mass is 10.0. The lowest BCUT2D eigenvalue weighted by molar-refractivity contribution is -0.137. The molecule has 0 aliphatic carbocycles. The highest BCUT2D eigenvalue weighted by Crippen LogP contribution is 2.20. The molecule has 2 N–H and O–H groups in total. The van der Waals surface area contributed by atoms with Crippen molar-refractivity contribution in [3.05, 3.63) is 70.2 Å². The SMILES string of the molecule is Cc1cccc(C(=O)N[C@H](CC(=O)O)c2ccc(Cl)cc2)c1. The molecule has 0 spiro atoms. The second kappa shape index (κ2) is 7.09. The van der Waals surface area contributed by atoms with Crippen molar-refractivity contribution in [1.29, 1.82) is 0 Å². The van der Waals surface area contributed by atoms with Crippen molar-refractivity contribution < 1.29 is 14.7 Å². The fraction of sp³-hybridized carbons (Fsp3) is 0.176. The minimum Gasteiger partial charge on any atom is -0.481 e. The number of carbonyl (C=O) groups excluding carboxylic acids is 1. The van der Waals surface area contributed by atoms with Gasteiger partial charge in [-0.3, -0.25) is 9.59 Å². The second-order valence-electron chi connectivity index (χ2n) is 5.04. The van der Waals surface area contributed by atoms with Crippen molar-refractivity contribution in [3.63, 3.8) is 0 Å². The van der Waals surface area contributed by atoms with Gasteiger partial charge in [0.25, 0.3) is 5.91 Å². The van der Waals surface area contributed by atoms with Crippen molar-refractivity contribution in [1.82, 2.24) is 5.32 Å². The number of amides is 1. The van der Waals surface area contributed by atoms with Crippen LogP contribution >= 0.6 is 11.6 Å². The number of benzene rings is 2. The van der Waals surface area contributed by atoms with Gasteiger partial charge in [-0.1, -0.05) is 41.4 Å². The van der Waals surface area contributed by atoms with Crippen LogP contribution in [0, 0.1) is 6.92 Å². The average molecular weight is 318 g/mol. The van der Waals surface area contributed by atoms with Gasteiger partial charge in [0.15, 0.2) is 0 Å². The summed E-state index contributed by atoms with van der Waals surface area (Å²) >= 11 is 5.84. The van der Waals surface area contributed by atoms with E-state index in [1.165, 1.54) is 0 Å². The molecule has 0 aromatic heterocycles. The minimum atomic E-state index is -0.982. The summed E-state index contributed by atoms with van der Waals surface area (Å²) in [6.45, 7) is 1.89. The van der Waals surface area contributed by atoms with Crippen molar-refractivity contribution in [2.24, 2.45) is 0 Å². The van der Waals surface area contributed by atoms with Crippen molar-refractivity contribution in [2.45, 2.75) is 19.4 Å².